The van der Waals surface area contributed by atoms with Gasteiger partial charge in [0.1, 0.15) is 42.7 Å². The van der Waals surface area contributed by atoms with Crippen molar-refractivity contribution in [1.29, 1.82) is 0 Å². The van der Waals surface area contributed by atoms with Gasteiger partial charge < -0.3 is 54.7 Å². The third kappa shape index (κ3) is 5.93. The van der Waals surface area contributed by atoms with Crippen LogP contribution in [-0.4, -0.2) is 116 Å². The molecule has 0 aromatic rings. The molecule has 0 bridgehead atoms. The lowest BCUT2D eigenvalue weighted by Gasteiger charge is -2.71. The summed E-state index contributed by atoms with van der Waals surface area (Å²) in [6, 6.07) is 0. The summed E-state index contributed by atoms with van der Waals surface area (Å²) in [6.07, 6.45) is -2.74. The molecule has 0 unspecified atom stereocenters. The van der Waals surface area contributed by atoms with Gasteiger partial charge in [0, 0.05) is 0 Å². The zero-order valence-electron chi connectivity index (χ0n) is 33.6. The molecule has 2 heterocycles. The van der Waals surface area contributed by atoms with Gasteiger partial charge in [-0.2, -0.15) is 0 Å². The van der Waals surface area contributed by atoms with Crippen LogP contribution in [0.3, 0.4) is 0 Å². The van der Waals surface area contributed by atoms with Gasteiger partial charge in [0.25, 0.3) is 0 Å². The van der Waals surface area contributed by atoms with Crippen molar-refractivity contribution in [3.63, 3.8) is 0 Å². The first kappa shape index (κ1) is 41.0. The van der Waals surface area contributed by atoms with E-state index in [1.165, 1.54) is 5.57 Å². The van der Waals surface area contributed by atoms with Crippen LogP contribution in [-0.2, 0) is 23.7 Å². The molecule has 6 fully saturated rings. The average Bonchev–Trinajstić information content (AvgIpc) is 3.10. The van der Waals surface area contributed by atoms with E-state index in [2.05, 4.69) is 54.5 Å². The summed E-state index contributed by atoms with van der Waals surface area (Å²) in [5, 5.41) is 74.0. The summed E-state index contributed by atoms with van der Waals surface area (Å²) in [5.41, 5.74) is 0.419. The minimum Gasteiger partial charge on any atom is -0.481 e. The molecule has 0 spiro atoms. The van der Waals surface area contributed by atoms with Crippen LogP contribution in [0.2, 0.25) is 0 Å². The lowest BCUT2D eigenvalue weighted by Crippen LogP contribution is -2.66. The standard InChI is InChI=1S/C42H68O12/c1-21-28(44)31(47)33(54-34-32(48)30(46)29(45)24(20-43)52-34)35(51-21)53-27-12-13-39(6)25(38(27,4)5)11-14-41(8)26(39)10-9-22-23-19-37(2,3)15-17-42(23,36(49)50)18-16-40(22,41)7/h9,21,23-35,43-48H,10-20H2,1-8H3,(H,49,50)/t21-,23+,24-,25+,26-,27+,28+,29+,30+,31+,32-,33-,34+,35+,39+,40-,41-,42+/m1/s1. The molecule has 7 aliphatic rings. The first-order valence-corrected chi connectivity index (χ1v) is 20.6. The molecule has 18 atom stereocenters. The molecular formula is C42H68O12. The SMILES string of the molecule is C[C@H]1O[C@@H](O[C@H]2CC[C@]3(C)[C@H]4CC=C5[C@@H]6CC(C)(C)CC[C@]6(C(=O)O)CC[C@@]5(C)[C@]4(C)CC[C@H]3C2(C)C)[C@H](O[C@@H]2O[C@H](CO)[C@H](O)[C@H](O)[C@H]2O)[C@@H](O)[C@H]1O. The minimum atomic E-state index is -1.70. The molecule has 2 aliphatic heterocycles. The molecular weight excluding hydrogens is 696 g/mol. The molecule has 54 heavy (non-hydrogen) atoms. The molecule has 4 saturated carbocycles. The molecule has 308 valence electrons. The normalized spacial score (nSPS) is 53.9. The van der Waals surface area contributed by atoms with E-state index in [1.54, 1.807) is 6.92 Å². The van der Waals surface area contributed by atoms with Crippen molar-refractivity contribution in [2.75, 3.05) is 6.61 Å². The molecule has 0 amide bonds. The van der Waals surface area contributed by atoms with Crippen LogP contribution < -0.4 is 0 Å². The Hall–Kier alpha value is -1.19. The fraction of sp³-hybridized carbons (Fsp3) is 0.929. The molecule has 0 aromatic heterocycles. The predicted molar refractivity (Wildman–Crippen MR) is 197 cm³/mol. The zero-order chi connectivity index (χ0) is 39.6. The fourth-order valence-electron chi connectivity index (χ4n) is 13.6. The number of aliphatic carboxylic acids is 1. The summed E-state index contributed by atoms with van der Waals surface area (Å²) < 4.78 is 24.6. The second-order valence-electron chi connectivity index (χ2n) is 20.7. The monoisotopic (exact) mass is 764 g/mol. The van der Waals surface area contributed by atoms with E-state index in [9.17, 15) is 40.5 Å². The first-order valence-electron chi connectivity index (χ1n) is 20.6. The van der Waals surface area contributed by atoms with Gasteiger partial charge in [-0.05, 0) is 116 Å². The molecule has 7 N–H and O–H groups in total. The lowest BCUT2D eigenvalue weighted by atomic mass is 9.33. The van der Waals surface area contributed by atoms with E-state index in [0.29, 0.717) is 5.92 Å². The van der Waals surface area contributed by atoms with Gasteiger partial charge in [-0.3, -0.25) is 4.79 Å². The van der Waals surface area contributed by atoms with Gasteiger partial charge >= 0.3 is 5.97 Å². The van der Waals surface area contributed by atoms with Crippen LogP contribution in [0.1, 0.15) is 120 Å². The number of carboxylic acid groups (broad SMARTS) is 1. The van der Waals surface area contributed by atoms with Crippen LogP contribution >= 0.6 is 0 Å². The van der Waals surface area contributed by atoms with Gasteiger partial charge in [0.2, 0.25) is 0 Å². The second-order valence-corrected chi connectivity index (χ2v) is 20.7. The summed E-state index contributed by atoms with van der Waals surface area (Å²) in [4.78, 5) is 13.1. The smallest absolute Gasteiger partial charge is 0.310 e. The number of hydrogen-bond acceptors (Lipinski definition) is 11. The third-order valence-electron chi connectivity index (χ3n) is 17.2. The van der Waals surface area contributed by atoms with Crippen LogP contribution in [0.4, 0.5) is 0 Å². The maximum atomic E-state index is 13.1. The Morgan fingerprint density at radius 2 is 1.46 bits per heavy atom. The average molecular weight is 765 g/mol. The number of aliphatic hydroxyl groups is 6. The molecule has 5 aliphatic carbocycles. The highest BCUT2D eigenvalue weighted by atomic mass is 16.8. The number of carbonyl (C=O) groups is 1. The maximum absolute atomic E-state index is 13.1. The highest BCUT2D eigenvalue weighted by Gasteiger charge is 2.69. The Morgan fingerprint density at radius 3 is 2.13 bits per heavy atom. The van der Waals surface area contributed by atoms with E-state index in [4.69, 9.17) is 18.9 Å². The van der Waals surface area contributed by atoms with Gasteiger partial charge in [0.15, 0.2) is 12.6 Å². The van der Waals surface area contributed by atoms with Crippen LogP contribution in [0.25, 0.3) is 0 Å². The van der Waals surface area contributed by atoms with Crippen molar-refractivity contribution in [3.05, 3.63) is 11.6 Å². The molecule has 0 aromatic carbocycles. The largest absolute Gasteiger partial charge is 0.481 e. The number of fused-ring (bicyclic) bond motifs is 7. The fourth-order valence-corrected chi connectivity index (χ4v) is 13.6. The number of carboxylic acids is 1. The first-order chi connectivity index (χ1) is 25.1. The van der Waals surface area contributed by atoms with Gasteiger partial charge in [0.05, 0.1) is 24.2 Å². The Bertz CT molecular complexity index is 1460. The number of allylic oxidation sites excluding steroid dienone is 2. The number of aliphatic hydroxyl groups excluding tert-OH is 6. The van der Waals surface area contributed by atoms with Crippen molar-refractivity contribution in [3.8, 4) is 0 Å². The van der Waals surface area contributed by atoms with Crippen molar-refractivity contribution in [2.45, 2.75) is 187 Å². The van der Waals surface area contributed by atoms with Crippen LogP contribution in [0.5, 0.6) is 0 Å². The van der Waals surface area contributed by atoms with Crippen LogP contribution in [0, 0.1) is 50.2 Å². The summed E-state index contributed by atoms with van der Waals surface area (Å²) >= 11 is 0. The Balaban J connectivity index is 1.14. The molecule has 0 radical (unpaired) electrons. The predicted octanol–water partition coefficient (Wildman–Crippen LogP) is 3.91. The summed E-state index contributed by atoms with van der Waals surface area (Å²) in [7, 11) is 0. The van der Waals surface area contributed by atoms with Crippen LogP contribution in [0.15, 0.2) is 11.6 Å². The Labute approximate surface area is 320 Å². The molecule has 12 heteroatoms. The van der Waals surface area contributed by atoms with Crippen molar-refractivity contribution in [2.24, 2.45) is 50.2 Å². The quantitative estimate of drug-likeness (QED) is 0.153. The van der Waals surface area contributed by atoms with Crippen molar-refractivity contribution < 1.29 is 59.5 Å². The molecule has 2 saturated heterocycles. The molecule has 7 rings (SSSR count). The molecule has 12 nitrogen and oxygen atoms in total. The van der Waals surface area contributed by atoms with E-state index in [0.717, 1.165) is 64.2 Å². The van der Waals surface area contributed by atoms with E-state index >= 15 is 0 Å². The third-order valence-corrected chi connectivity index (χ3v) is 17.2. The lowest BCUT2D eigenvalue weighted by molar-refractivity contribution is -0.375. The van der Waals surface area contributed by atoms with Crippen molar-refractivity contribution >= 4 is 5.97 Å². The second kappa shape index (κ2) is 13.7. The highest BCUT2D eigenvalue weighted by Crippen LogP contribution is 2.76. The summed E-state index contributed by atoms with van der Waals surface area (Å²) in [6.45, 7) is 17.6. The van der Waals surface area contributed by atoms with Gasteiger partial charge in [-0.1, -0.05) is 60.1 Å². The Morgan fingerprint density at radius 1 is 0.778 bits per heavy atom. The van der Waals surface area contributed by atoms with E-state index in [-0.39, 0.29) is 45.0 Å². The minimum absolute atomic E-state index is 0.00482. The van der Waals surface area contributed by atoms with Crippen molar-refractivity contribution in [1.82, 2.24) is 0 Å². The summed E-state index contributed by atoms with van der Waals surface area (Å²) in [5.74, 6) is 0.133. The van der Waals surface area contributed by atoms with E-state index in [1.807, 2.05) is 0 Å². The Kier molecular flexibility index (Phi) is 10.4. The van der Waals surface area contributed by atoms with Gasteiger partial charge in [-0.15, -0.1) is 0 Å². The zero-order valence-corrected chi connectivity index (χ0v) is 33.6. The topological polar surface area (TPSA) is 196 Å². The number of hydrogen-bond donors (Lipinski definition) is 7. The number of rotatable bonds is 6. The maximum Gasteiger partial charge on any atom is 0.310 e. The van der Waals surface area contributed by atoms with Gasteiger partial charge in [-0.25, -0.2) is 0 Å². The highest BCUT2D eigenvalue weighted by molar-refractivity contribution is 5.76. The van der Waals surface area contributed by atoms with E-state index < -0.39 is 79.4 Å². The number of ether oxygens (including phenoxy) is 4.